The second-order valence-electron chi connectivity index (χ2n) is 8.34. The Morgan fingerprint density at radius 1 is 1.07 bits per heavy atom. The first-order chi connectivity index (χ1) is 13.4. The Balaban J connectivity index is 1.32. The van der Waals surface area contributed by atoms with Gasteiger partial charge in [-0.05, 0) is 66.6 Å². The first-order valence-corrected chi connectivity index (χ1v) is 9.84. The molecule has 148 valence electrons. The van der Waals surface area contributed by atoms with Crippen LogP contribution in [0.5, 0.6) is 11.5 Å². The molecule has 0 unspecified atom stereocenters. The number of aliphatic hydroxyl groups is 1. The molecule has 1 aliphatic carbocycles. The number of Topliss-reactive ketones (excluding diaryl/α,β-unsaturated/α-hetero) is 1. The van der Waals surface area contributed by atoms with E-state index in [1.54, 1.807) is 31.4 Å². The van der Waals surface area contributed by atoms with Gasteiger partial charge in [0.25, 0.3) is 0 Å². The number of phenols is 1. The summed E-state index contributed by atoms with van der Waals surface area (Å²) < 4.78 is 5.20. The molecule has 2 N–H and O–H groups in total. The molecule has 0 bridgehead atoms. The van der Waals surface area contributed by atoms with Crippen molar-refractivity contribution >= 4 is 5.78 Å². The van der Waals surface area contributed by atoms with E-state index in [-0.39, 0.29) is 11.5 Å². The largest absolute Gasteiger partial charge is 0.508 e. The molecule has 2 atom stereocenters. The molecule has 2 aromatic carbocycles. The molecule has 5 heteroatoms. The average molecular weight is 381 g/mol. The number of methoxy groups -OCH3 is 1. The summed E-state index contributed by atoms with van der Waals surface area (Å²) in [5, 5.41) is 20.5. The number of benzene rings is 2. The smallest absolute Gasteiger partial charge is 0.176 e. The van der Waals surface area contributed by atoms with Crippen molar-refractivity contribution in [3.8, 4) is 11.5 Å². The predicted octanol–water partition coefficient (Wildman–Crippen LogP) is 2.90. The SMILES string of the molecule is COc1ccc(CC2(O)C[C@H]3CN(CC(=O)c4ccc(O)cc4)C[C@@H]3C2)cc1. The van der Waals surface area contributed by atoms with Crippen molar-refractivity contribution in [1.82, 2.24) is 4.90 Å². The van der Waals surface area contributed by atoms with Gasteiger partial charge >= 0.3 is 0 Å². The van der Waals surface area contributed by atoms with Gasteiger partial charge in [-0.3, -0.25) is 9.69 Å². The third-order valence-electron chi connectivity index (χ3n) is 6.19. The lowest BCUT2D eigenvalue weighted by molar-refractivity contribution is 0.0355. The van der Waals surface area contributed by atoms with E-state index in [1.807, 2.05) is 24.3 Å². The number of rotatable bonds is 6. The number of carbonyl (C=O) groups is 1. The van der Waals surface area contributed by atoms with Crippen LogP contribution in [0, 0.1) is 11.8 Å². The quantitative estimate of drug-likeness (QED) is 0.753. The Labute approximate surface area is 165 Å². The van der Waals surface area contributed by atoms with Crippen LogP contribution < -0.4 is 4.74 Å². The van der Waals surface area contributed by atoms with E-state index >= 15 is 0 Å². The highest BCUT2D eigenvalue weighted by atomic mass is 16.5. The Kier molecular flexibility index (Phi) is 5.13. The minimum atomic E-state index is -0.656. The van der Waals surface area contributed by atoms with Crippen molar-refractivity contribution in [2.45, 2.75) is 24.9 Å². The van der Waals surface area contributed by atoms with Crippen LogP contribution in [-0.4, -0.2) is 53.2 Å². The normalized spacial score (nSPS) is 23.5. The maximum atomic E-state index is 12.5. The number of phenolic OH excluding ortho intramolecular Hbond substituents is 1. The molecule has 0 spiro atoms. The van der Waals surface area contributed by atoms with Crippen LogP contribution in [-0.2, 0) is 6.42 Å². The molecule has 2 aliphatic rings. The first kappa shape index (κ1) is 19.0. The summed E-state index contributed by atoms with van der Waals surface area (Å²) in [6, 6.07) is 14.3. The number of nitrogens with zero attached hydrogens (tertiary/aromatic N) is 1. The van der Waals surface area contributed by atoms with E-state index in [4.69, 9.17) is 4.74 Å². The molecule has 28 heavy (non-hydrogen) atoms. The number of aromatic hydroxyl groups is 1. The second kappa shape index (κ2) is 7.57. The van der Waals surface area contributed by atoms with E-state index < -0.39 is 5.60 Å². The van der Waals surface area contributed by atoms with Gasteiger partial charge in [-0.25, -0.2) is 0 Å². The van der Waals surface area contributed by atoms with Crippen molar-refractivity contribution in [1.29, 1.82) is 0 Å². The lowest BCUT2D eigenvalue weighted by atomic mass is 9.91. The van der Waals surface area contributed by atoms with Gasteiger partial charge in [0.15, 0.2) is 5.78 Å². The number of hydrogen-bond donors (Lipinski definition) is 2. The van der Waals surface area contributed by atoms with Crippen LogP contribution in [0.1, 0.15) is 28.8 Å². The van der Waals surface area contributed by atoms with Gasteiger partial charge in [0.05, 0.1) is 19.3 Å². The monoisotopic (exact) mass is 381 g/mol. The summed E-state index contributed by atoms with van der Waals surface area (Å²) in [5.74, 6) is 1.96. The number of likely N-dealkylation sites (tertiary alicyclic amines) is 1. The zero-order valence-electron chi connectivity index (χ0n) is 16.2. The number of ketones is 1. The Hall–Kier alpha value is -2.37. The molecule has 0 amide bonds. The Morgan fingerprint density at radius 2 is 1.68 bits per heavy atom. The summed E-state index contributed by atoms with van der Waals surface area (Å²) in [4.78, 5) is 14.7. The highest BCUT2D eigenvalue weighted by Crippen LogP contribution is 2.45. The maximum absolute atomic E-state index is 12.5. The third kappa shape index (κ3) is 4.05. The van der Waals surface area contributed by atoms with Gasteiger partial charge in [0.1, 0.15) is 11.5 Å². The highest BCUT2D eigenvalue weighted by molar-refractivity contribution is 5.97. The second-order valence-corrected chi connectivity index (χ2v) is 8.34. The molecule has 5 nitrogen and oxygen atoms in total. The highest BCUT2D eigenvalue weighted by Gasteiger charge is 2.48. The third-order valence-corrected chi connectivity index (χ3v) is 6.19. The molecular weight excluding hydrogens is 354 g/mol. The predicted molar refractivity (Wildman–Crippen MR) is 107 cm³/mol. The fourth-order valence-corrected chi connectivity index (χ4v) is 4.90. The van der Waals surface area contributed by atoms with Crippen LogP contribution in [0.25, 0.3) is 0 Å². The van der Waals surface area contributed by atoms with E-state index in [0.717, 1.165) is 37.2 Å². The van der Waals surface area contributed by atoms with Crippen LogP contribution >= 0.6 is 0 Å². The average Bonchev–Trinajstić information content (AvgIpc) is 3.16. The molecule has 4 rings (SSSR count). The Morgan fingerprint density at radius 3 is 2.25 bits per heavy atom. The van der Waals surface area contributed by atoms with Crippen molar-refractivity contribution < 1.29 is 19.7 Å². The summed E-state index contributed by atoms with van der Waals surface area (Å²) >= 11 is 0. The van der Waals surface area contributed by atoms with Crippen LogP contribution in [0.4, 0.5) is 0 Å². The fraction of sp³-hybridized carbons (Fsp3) is 0.435. The van der Waals surface area contributed by atoms with E-state index in [2.05, 4.69) is 4.90 Å². The number of fused-ring (bicyclic) bond motifs is 1. The maximum Gasteiger partial charge on any atom is 0.176 e. The van der Waals surface area contributed by atoms with Gasteiger partial charge < -0.3 is 14.9 Å². The van der Waals surface area contributed by atoms with E-state index in [9.17, 15) is 15.0 Å². The summed E-state index contributed by atoms with van der Waals surface area (Å²) in [6.07, 6.45) is 2.23. The van der Waals surface area contributed by atoms with Gasteiger partial charge in [-0.1, -0.05) is 12.1 Å². The number of hydrogen-bond acceptors (Lipinski definition) is 5. The zero-order valence-corrected chi connectivity index (χ0v) is 16.2. The summed E-state index contributed by atoms with van der Waals surface area (Å²) in [6.45, 7) is 2.12. The number of ether oxygens (including phenoxy) is 1. The van der Waals surface area contributed by atoms with E-state index in [1.165, 1.54) is 0 Å². The molecule has 1 heterocycles. The first-order valence-electron chi connectivity index (χ1n) is 9.84. The zero-order chi connectivity index (χ0) is 19.7. The van der Waals surface area contributed by atoms with Gasteiger partial charge in [0, 0.05) is 25.1 Å². The lowest BCUT2D eigenvalue weighted by Crippen LogP contribution is -2.34. The van der Waals surface area contributed by atoms with Gasteiger partial charge in [0.2, 0.25) is 0 Å². The van der Waals surface area contributed by atoms with Crippen LogP contribution in [0.2, 0.25) is 0 Å². The fourth-order valence-electron chi connectivity index (χ4n) is 4.90. The van der Waals surface area contributed by atoms with Gasteiger partial charge in [-0.2, -0.15) is 0 Å². The molecule has 1 saturated heterocycles. The lowest BCUT2D eigenvalue weighted by Gasteiger charge is -2.26. The standard InChI is InChI=1S/C23H27NO4/c1-28-21-8-2-16(3-9-21)10-23(27)11-18-13-24(14-19(18)12-23)15-22(26)17-4-6-20(25)7-5-17/h2-9,18-19,25,27H,10-15H2,1H3/t18-,19-/m0/s1. The minimum absolute atomic E-state index is 0.0773. The summed E-state index contributed by atoms with van der Waals surface area (Å²) in [5.41, 5.74) is 1.10. The van der Waals surface area contributed by atoms with E-state index in [0.29, 0.717) is 30.4 Å². The molecule has 2 fully saturated rings. The molecular formula is C23H27NO4. The molecule has 0 radical (unpaired) electrons. The number of carbonyl (C=O) groups excluding carboxylic acids is 1. The van der Waals surface area contributed by atoms with Crippen molar-refractivity contribution in [2.75, 3.05) is 26.7 Å². The topological polar surface area (TPSA) is 70.0 Å². The molecule has 1 aliphatic heterocycles. The molecule has 1 saturated carbocycles. The van der Waals surface area contributed by atoms with Crippen molar-refractivity contribution in [2.24, 2.45) is 11.8 Å². The minimum Gasteiger partial charge on any atom is -0.508 e. The molecule has 0 aromatic heterocycles. The summed E-state index contributed by atoms with van der Waals surface area (Å²) in [7, 11) is 1.65. The van der Waals surface area contributed by atoms with Crippen LogP contribution in [0.3, 0.4) is 0 Å². The van der Waals surface area contributed by atoms with Crippen molar-refractivity contribution in [3.05, 3.63) is 59.7 Å². The molecule has 2 aromatic rings. The van der Waals surface area contributed by atoms with Crippen molar-refractivity contribution in [3.63, 3.8) is 0 Å². The van der Waals surface area contributed by atoms with Crippen LogP contribution in [0.15, 0.2) is 48.5 Å². The Bertz CT molecular complexity index is 817. The van der Waals surface area contributed by atoms with Gasteiger partial charge in [-0.15, -0.1) is 0 Å².